The minimum atomic E-state index is -1.14. The number of pyridine rings is 1. The molecule has 0 bridgehead atoms. The van der Waals surface area contributed by atoms with Crippen molar-refractivity contribution in [3.8, 4) is 0 Å². The van der Waals surface area contributed by atoms with Gasteiger partial charge in [-0.3, -0.25) is 0 Å². The lowest BCUT2D eigenvalue weighted by Crippen LogP contribution is -1.96. The largest absolute Gasteiger partial charge is 0.476 e. The molecule has 0 amide bonds. The minimum absolute atomic E-state index is 0.114. The van der Waals surface area contributed by atoms with Gasteiger partial charge in [0.05, 0.1) is 5.69 Å². The number of imidazole rings is 1. The molecule has 0 aliphatic carbocycles. The van der Waals surface area contributed by atoms with Gasteiger partial charge in [-0.05, 0) is 0 Å². The van der Waals surface area contributed by atoms with Crippen LogP contribution in [-0.4, -0.2) is 27.5 Å². The third-order valence-corrected chi connectivity index (χ3v) is 2.01. The van der Waals surface area contributed by atoms with Crippen LogP contribution < -0.4 is 5.32 Å². The average molecular weight is 209 g/mol. The lowest BCUT2D eigenvalue weighted by molar-refractivity contribution is 0.0691. The molecule has 15 heavy (non-hydrogen) atoms. The van der Waals surface area contributed by atoms with Crippen molar-refractivity contribution in [3.05, 3.63) is 30.0 Å². The van der Waals surface area contributed by atoms with E-state index in [1.165, 1.54) is 22.9 Å². The van der Waals surface area contributed by atoms with Crippen molar-refractivity contribution >= 4 is 17.3 Å². The van der Waals surface area contributed by atoms with Gasteiger partial charge in [0.2, 0.25) is 0 Å². The monoisotopic (exact) mass is 209 g/mol. The maximum absolute atomic E-state index is 13.1. The molecule has 2 aromatic heterocycles. The molecule has 78 valence electrons. The Morgan fingerprint density at radius 1 is 1.60 bits per heavy atom. The van der Waals surface area contributed by atoms with Crippen molar-refractivity contribution < 1.29 is 14.3 Å². The van der Waals surface area contributed by atoms with E-state index in [-0.39, 0.29) is 5.69 Å². The molecule has 0 spiro atoms. The first-order chi connectivity index (χ1) is 7.11. The Bertz CT molecular complexity index is 535. The van der Waals surface area contributed by atoms with E-state index in [1.807, 2.05) is 0 Å². The molecule has 0 atom stereocenters. The highest BCUT2D eigenvalue weighted by atomic mass is 19.1. The van der Waals surface area contributed by atoms with Crippen LogP contribution in [0.1, 0.15) is 10.5 Å². The highest BCUT2D eigenvalue weighted by molar-refractivity contribution is 5.87. The summed E-state index contributed by atoms with van der Waals surface area (Å²) < 4.78 is 14.4. The van der Waals surface area contributed by atoms with Crippen LogP contribution in [0.4, 0.5) is 10.1 Å². The van der Waals surface area contributed by atoms with E-state index < -0.39 is 11.8 Å². The van der Waals surface area contributed by atoms with Gasteiger partial charge in [0.25, 0.3) is 0 Å². The highest BCUT2D eigenvalue weighted by Crippen LogP contribution is 2.17. The number of aromatic carboxylic acids is 1. The lowest BCUT2D eigenvalue weighted by Gasteiger charge is -2.01. The second kappa shape index (κ2) is 3.23. The number of anilines is 1. The summed E-state index contributed by atoms with van der Waals surface area (Å²) in [6, 6.07) is 1.26. The average Bonchev–Trinajstić information content (AvgIpc) is 2.59. The summed E-state index contributed by atoms with van der Waals surface area (Å²) in [6.45, 7) is 0. The van der Waals surface area contributed by atoms with Gasteiger partial charge in [-0.2, -0.15) is 0 Å². The molecule has 0 aliphatic heterocycles. The summed E-state index contributed by atoms with van der Waals surface area (Å²) in [6.07, 6.45) is 2.44. The zero-order chi connectivity index (χ0) is 11.0. The van der Waals surface area contributed by atoms with E-state index in [2.05, 4.69) is 10.3 Å². The van der Waals surface area contributed by atoms with Gasteiger partial charge in [-0.25, -0.2) is 14.2 Å². The number of rotatable bonds is 2. The number of carbonyl (C=O) groups is 1. The summed E-state index contributed by atoms with van der Waals surface area (Å²) in [5.74, 6) is -1.60. The van der Waals surface area contributed by atoms with Gasteiger partial charge >= 0.3 is 5.97 Å². The summed E-state index contributed by atoms with van der Waals surface area (Å²) in [5, 5.41) is 11.5. The first-order valence-corrected chi connectivity index (χ1v) is 4.21. The van der Waals surface area contributed by atoms with Crippen LogP contribution in [0.25, 0.3) is 5.65 Å². The second-order valence-electron chi connectivity index (χ2n) is 2.98. The van der Waals surface area contributed by atoms with E-state index >= 15 is 0 Å². The van der Waals surface area contributed by atoms with E-state index in [1.54, 1.807) is 7.05 Å². The molecule has 2 N–H and O–H groups in total. The number of hydrogen-bond donors (Lipinski definition) is 2. The standard InChI is InChI=1S/C9H8FN3O2/c1-11-6-2-5(10)3-13-4-7(9(14)15)12-8(6)13/h2-4,11H,1H3,(H,14,15). The van der Waals surface area contributed by atoms with Crippen LogP contribution in [-0.2, 0) is 0 Å². The Morgan fingerprint density at radius 2 is 2.33 bits per heavy atom. The molecule has 2 heterocycles. The maximum Gasteiger partial charge on any atom is 0.356 e. The smallest absolute Gasteiger partial charge is 0.356 e. The van der Waals surface area contributed by atoms with Crippen molar-refractivity contribution in [2.45, 2.75) is 0 Å². The molecule has 5 nitrogen and oxygen atoms in total. The zero-order valence-corrected chi connectivity index (χ0v) is 7.86. The number of carboxylic acid groups (broad SMARTS) is 1. The molecule has 0 fully saturated rings. The quantitative estimate of drug-likeness (QED) is 0.780. The van der Waals surface area contributed by atoms with Crippen LogP contribution >= 0.6 is 0 Å². The van der Waals surface area contributed by atoms with Crippen molar-refractivity contribution in [2.24, 2.45) is 0 Å². The Labute approximate surface area is 84.2 Å². The highest BCUT2D eigenvalue weighted by Gasteiger charge is 2.11. The minimum Gasteiger partial charge on any atom is -0.476 e. The lowest BCUT2D eigenvalue weighted by atomic mass is 10.4. The molecular formula is C9H8FN3O2. The van der Waals surface area contributed by atoms with Gasteiger partial charge in [0.15, 0.2) is 11.3 Å². The van der Waals surface area contributed by atoms with Crippen molar-refractivity contribution in [1.29, 1.82) is 0 Å². The third-order valence-electron chi connectivity index (χ3n) is 2.01. The molecule has 2 rings (SSSR count). The van der Waals surface area contributed by atoms with Crippen LogP contribution in [0.5, 0.6) is 0 Å². The van der Waals surface area contributed by atoms with E-state index in [0.29, 0.717) is 11.3 Å². The molecule has 0 radical (unpaired) electrons. The summed E-state index contributed by atoms with van der Waals surface area (Å²) in [5.41, 5.74) is 0.718. The molecular weight excluding hydrogens is 201 g/mol. The van der Waals surface area contributed by atoms with E-state index in [4.69, 9.17) is 5.11 Å². The molecule has 6 heteroatoms. The summed E-state index contributed by atoms with van der Waals surface area (Å²) in [4.78, 5) is 14.5. The predicted octanol–water partition coefficient (Wildman–Crippen LogP) is 1.21. The fourth-order valence-corrected chi connectivity index (χ4v) is 1.35. The van der Waals surface area contributed by atoms with Gasteiger partial charge in [0, 0.05) is 25.5 Å². The predicted molar refractivity (Wildman–Crippen MR) is 51.7 cm³/mol. The summed E-state index contributed by atoms with van der Waals surface area (Å²) in [7, 11) is 1.61. The Morgan fingerprint density at radius 3 is 2.93 bits per heavy atom. The van der Waals surface area contributed by atoms with E-state index in [0.717, 1.165) is 0 Å². The molecule has 0 aromatic carbocycles. The Kier molecular flexibility index (Phi) is 2.03. The van der Waals surface area contributed by atoms with Gasteiger partial charge in [-0.1, -0.05) is 0 Å². The van der Waals surface area contributed by atoms with Crippen molar-refractivity contribution in [3.63, 3.8) is 0 Å². The number of carboxylic acids is 1. The van der Waals surface area contributed by atoms with Crippen LogP contribution in [0.2, 0.25) is 0 Å². The number of halogens is 1. The van der Waals surface area contributed by atoms with Crippen LogP contribution in [0.3, 0.4) is 0 Å². The number of hydrogen-bond acceptors (Lipinski definition) is 3. The fraction of sp³-hybridized carbons (Fsp3) is 0.111. The van der Waals surface area contributed by atoms with Gasteiger partial charge in [-0.15, -0.1) is 0 Å². The molecule has 0 aliphatic rings. The molecule has 2 aromatic rings. The third kappa shape index (κ3) is 1.50. The Hall–Kier alpha value is -2.11. The molecule has 0 saturated heterocycles. The molecule has 0 saturated carbocycles. The van der Waals surface area contributed by atoms with Crippen LogP contribution in [0.15, 0.2) is 18.5 Å². The number of nitrogens with zero attached hydrogens (tertiary/aromatic N) is 2. The van der Waals surface area contributed by atoms with Crippen molar-refractivity contribution in [1.82, 2.24) is 9.38 Å². The second-order valence-corrected chi connectivity index (χ2v) is 2.98. The van der Waals surface area contributed by atoms with Gasteiger partial charge < -0.3 is 14.8 Å². The summed E-state index contributed by atoms with van der Waals surface area (Å²) >= 11 is 0. The van der Waals surface area contributed by atoms with Crippen molar-refractivity contribution in [2.75, 3.05) is 12.4 Å². The topological polar surface area (TPSA) is 66.6 Å². The fourth-order valence-electron chi connectivity index (χ4n) is 1.35. The van der Waals surface area contributed by atoms with Crippen LogP contribution in [0, 0.1) is 5.82 Å². The maximum atomic E-state index is 13.1. The number of aromatic nitrogens is 2. The molecule has 0 unspecified atom stereocenters. The van der Waals surface area contributed by atoms with Gasteiger partial charge in [0.1, 0.15) is 5.82 Å². The van der Waals surface area contributed by atoms with E-state index in [9.17, 15) is 9.18 Å². The number of nitrogens with one attached hydrogen (secondary N) is 1. The normalized spacial score (nSPS) is 10.5. The first kappa shape index (κ1) is 9.45. The SMILES string of the molecule is CNc1cc(F)cn2cc(C(=O)O)nc12. The Balaban J connectivity index is 2.74. The first-order valence-electron chi connectivity index (χ1n) is 4.21. The number of fused-ring (bicyclic) bond motifs is 1. The zero-order valence-electron chi connectivity index (χ0n) is 7.86.